The van der Waals surface area contributed by atoms with Gasteiger partial charge < -0.3 is 10.1 Å². The molecule has 0 bridgehead atoms. The van der Waals surface area contributed by atoms with Crippen LogP contribution in [0.3, 0.4) is 0 Å². The minimum atomic E-state index is 0.190. The molecular weight excluding hydrogens is 382 g/mol. The molecule has 0 radical (unpaired) electrons. The maximum absolute atomic E-state index is 11.8. The number of rotatable bonds is 7. The number of nitrogens with zero attached hydrogens (tertiary/aromatic N) is 2. The third-order valence-electron chi connectivity index (χ3n) is 5.24. The number of ether oxygens (including phenoxy) is 1. The van der Waals surface area contributed by atoms with Gasteiger partial charge in [-0.25, -0.2) is 4.98 Å². The fourth-order valence-electron chi connectivity index (χ4n) is 3.68. The van der Waals surface area contributed by atoms with Crippen molar-refractivity contribution < 1.29 is 9.53 Å². The van der Waals surface area contributed by atoms with Crippen molar-refractivity contribution in [2.24, 2.45) is 0 Å². The van der Waals surface area contributed by atoms with Gasteiger partial charge in [-0.05, 0) is 49.1 Å². The zero-order valence-corrected chi connectivity index (χ0v) is 17.6. The number of carbonyl (C=O) groups excluding carboxylic acids is 1. The van der Waals surface area contributed by atoms with E-state index in [1.165, 1.54) is 5.56 Å². The molecule has 1 aliphatic heterocycles. The van der Waals surface area contributed by atoms with Gasteiger partial charge in [0.15, 0.2) is 0 Å². The number of nitrogens with one attached hydrogen (secondary N) is 1. The Balaban J connectivity index is 1.27. The van der Waals surface area contributed by atoms with Gasteiger partial charge in [0.1, 0.15) is 5.75 Å². The van der Waals surface area contributed by atoms with Crippen molar-refractivity contribution in [1.29, 1.82) is 0 Å². The molecule has 6 heteroatoms. The van der Waals surface area contributed by atoms with Gasteiger partial charge >= 0.3 is 0 Å². The molecule has 0 atom stereocenters. The number of benzene rings is 2. The lowest BCUT2D eigenvalue weighted by Crippen LogP contribution is -2.44. The standard InChI is InChI=1S/C23H27N3O2S/c1-2-5-22(27)24-18-12-14-26(15-13-18)16-17-8-10-19(11-9-17)28-23-25-20-6-3-4-7-21(20)29-23/h3-4,6-11,18H,2,5,12-16H2,1H3,(H,24,27). The molecule has 1 N–H and O–H groups in total. The highest BCUT2D eigenvalue weighted by molar-refractivity contribution is 7.20. The summed E-state index contributed by atoms with van der Waals surface area (Å²) < 4.78 is 7.07. The predicted molar refractivity (Wildman–Crippen MR) is 117 cm³/mol. The molecule has 1 saturated heterocycles. The van der Waals surface area contributed by atoms with Crippen molar-refractivity contribution in [1.82, 2.24) is 15.2 Å². The first kappa shape index (κ1) is 19.9. The van der Waals surface area contributed by atoms with Crippen LogP contribution in [0.2, 0.25) is 0 Å². The Hall–Kier alpha value is -2.44. The van der Waals surface area contributed by atoms with E-state index in [2.05, 4.69) is 33.4 Å². The van der Waals surface area contributed by atoms with Gasteiger partial charge in [-0.1, -0.05) is 42.5 Å². The van der Waals surface area contributed by atoms with E-state index in [9.17, 15) is 4.79 Å². The molecule has 152 valence electrons. The van der Waals surface area contributed by atoms with E-state index in [0.717, 1.165) is 54.9 Å². The van der Waals surface area contributed by atoms with Gasteiger partial charge in [0.05, 0.1) is 10.2 Å². The molecule has 0 saturated carbocycles. The Morgan fingerprint density at radius 3 is 2.66 bits per heavy atom. The highest BCUT2D eigenvalue weighted by Gasteiger charge is 2.20. The summed E-state index contributed by atoms with van der Waals surface area (Å²) in [5.41, 5.74) is 2.24. The molecular formula is C23H27N3O2S. The molecule has 5 nitrogen and oxygen atoms in total. The lowest BCUT2D eigenvalue weighted by molar-refractivity contribution is -0.122. The normalized spacial score (nSPS) is 15.5. The number of hydrogen-bond donors (Lipinski definition) is 1. The van der Waals surface area contributed by atoms with Crippen LogP contribution in [0.25, 0.3) is 10.2 Å². The Kier molecular flexibility index (Phi) is 6.42. The largest absolute Gasteiger partial charge is 0.431 e. The van der Waals surface area contributed by atoms with Crippen LogP contribution in [0.5, 0.6) is 10.9 Å². The smallest absolute Gasteiger partial charge is 0.279 e. The molecule has 0 aliphatic carbocycles. The van der Waals surface area contributed by atoms with Crippen LogP contribution in [-0.4, -0.2) is 34.9 Å². The van der Waals surface area contributed by atoms with E-state index in [1.807, 2.05) is 37.3 Å². The summed E-state index contributed by atoms with van der Waals surface area (Å²) in [5, 5.41) is 3.83. The molecule has 0 spiro atoms. The van der Waals surface area contributed by atoms with Crippen LogP contribution in [-0.2, 0) is 11.3 Å². The lowest BCUT2D eigenvalue weighted by atomic mass is 10.0. The first-order valence-electron chi connectivity index (χ1n) is 10.3. The topological polar surface area (TPSA) is 54.5 Å². The fourth-order valence-corrected chi connectivity index (χ4v) is 4.51. The van der Waals surface area contributed by atoms with Crippen molar-refractivity contribution >= 4 is 27.5 Å². The zero-order valence-electron chi connectivity index (χ0n) is 16.8. The highest BCUT2D eigenvalue weighted by atomic mass is 32.1. The number of hydrogen-bond acceptors (Lipinski definition) is 5. The minimum Gasteiger partial charge on any atom is -0.431 e. The van der Waals surface area contributed by atoms with Crippen LogP contribution < -0.4 is 10.1 Å². The second-order valence-corrected chi connectivity index (χ2v) is 8.55. The van der Waals surface area contributed by atoms with Crippen molar-refractivity contribution in [3.8, 4) is 10.9 Å². The van der Waals surface area contributed by atoms with Crippen LogP contribution in [0.1, 0.15) is 38.2 Å². The average molecular weight is 410 g/mol. The average Bonchev–Trinajstić information content (AvgIpc) is 3.13. The summed E-state index contributed by atoms with van der Waals surface area (Å²) in [7, 11) is 0. The first-order chi connectivity index (χ1) is 14.2. The summed E-state index contributed by atoms with van der Waals surface area (Å²) in [4.78, 5) is 18.7. The van der Waals surface area contributed by atoms with E-state index in [-0.39, 0.29) is 5.91 Å². The van der Waals surface area contributed by atoms with Gasteiger partial charge in [-0.2, -0.15) is 0 Å². The van der Waals surface area contributed by atoms with Gasteiger partial charge in [-0.15, -0.1) is 0 Å². The van der Waals surface area contributed by atoms with E-state index >= 15 is 0 Å². The monoisotopic (exact) mass is 409 g/mol. The van der Waals surface area contributed by atoms with Crippen molar-refractivity contribution in [3.63, 3.8) is 0 Å². The van der Waals surface area contributed by atoms with Crippen molar-refractivity contribution in [3.05, 3.63) is 54.1 Å². The molecule has 1 amide bonds. The van der Waals surface area contributed by atoms with Gasteiger partial charge in [-0.3, -0.25) is 9.69 Å². The van der Waals surface area contributed by atoms with E-state index in [0.29, 0.717) is 17.7 Å². The van der Waals surface area contributed by atoms with Crippen LogP contribution in [0, 0.1) is 0 Å². The van der Waals surface area contributed by atoms with Crippen LogP contribution >= 0.6 is 11.3 Å². The van der Waals surface area contributed by atoms with Crippen LogP contribution in [0.15, 0.2) is 48.5 Å². The Morgan fingerprint density at radius 1 is 1.17 bits per heavy atom. The maximum Gasteiger partial charge on any atom is 0.279 e. The Morgan fingerprint density at radius 2 is 1.93 bits per heavy atom. The fraction of sp³-hybridized carbons (Fsp3) is 0.391. The Labute approximate surface area is 175 Å². The third-order valence-corrected chi connectivity index (χ3v) is 6.15. The van der Waals surface area contributed by atoms with Crippen molar-refractivity contribution in [2.75, 3.05) is 13.1 Å². The number of likely N-dealkylation sites (tertiary alicyclic amines) is 1. The lowest BCUT2D eigenvalue weighted by Gasteiger charge is -2.32. The number of amides is 1. The SMILES string of the molecule is CCCC(=O)NC1CCN(Cc2ccc(Oc3nc4ccccc4s3)cc2)CC1. The first-order valence-corrected chi connectivity index (χ1v) is 11.2. The molecule has 0 unspecified atom stereocenters. The number of carbonyl (C=O) groups is 1. The van der Waals surface area contributed by atoms with Gasteiger partial charge in [0.25, 0.3) is 5.19 Å². The number of thiazole rings is 1. The second kappa shape index (κ2) is 9.37. The molecule has 4 rings (SSSR count). The molecule has 3 aromatic rings. The number of fused-ring (bicyclic) bond motifs is 1. The number of piperidine rings is 1. The van der Waals surface area contributed by atoms with E-state index in [4.69, 9.17) is 4.74 Å². The summed E-state index contributed by atoms with van der Waals surface area (Å²) in [5.74, 6) is 1.000. The van der Waals surface area contributed by atoms with Gasteiger partial charge in [0.2, 0.25) is 5.91 Å². The Bertz CT molecular complexity index is 913. The predicted octanol–water partition coefficient (Wildman–Crippen LogP) is 4.97. The highest BCUT2D eigenvalue weighted by Crippen LogP contribution is 2.31. The molecule has 1 aromatic heterocycles. The van der Waals surface area contributed by atoms with Crippen molar-refractivity contribution in [2.45, 2.75) is 45.2 Å². The molecule has 2 aromatic carbocycles. The number of aromatic nitrogens is 1. The molecule has 1 fully saturated rings. The summed E-state index contributed by atoms with van der Waals surface area (Å²) >= 11 is 1.56. The second-order valence-electron chi connectivity index (χ2n) is 7.56. The molecule has 2 heterocycles. The minimum absolute atomic E-state index is 0.190. The summed E-state index contributed by atoms with van der Waals surface area (Å²) in [6, 6.07) is 16.7. The molecule has 29 heavy (non-hydrogen) atoms. The maximum atomic E-state index is 11.8. The molecule has 1 aliphatic rings. The van der Waals surface area contributed by atoms with E-state index in [1.54, 1.807) is 11.3 Å². The zero-order chi connectivity index (χ0) is 20.1. The summed E-state index contributed by atoms with van der Waals surface area (Å²) in [6.07, 6.45) is 3.58. The quantitative estimate of drug-likeness (QED) is 0.599. The number of para-hydroxylation sites is 1. The van der Waals surface area contributed by atoms with E-state index < -0.39 is 0 Å². The third kappa shape index (κ3) is 5.34. The van der Waals surface area contributed by atoms with Crippen LogP contribution in [0.4, 0.5) is 0 Å². The van der Waals surface area contributed by atoms with Gasteiger partial charge in [0, 0.05) is 32.1 Å². The summed E-state index contributed by atoms with van der Waals surface area (Å²) in [6.45, 7) is 5.00.